The third kappa shape index (κ3) is 3.33. The molecule has 1 aliphatic rings. The predicted octanol–water partition coefficient (Wildman–Crippen LogP) is 5.42. The second kappa shape index (κ2) is 7.71. The average molecular weight is 370 g/mol. The van der Waals surface area contributed by atoms with E-state index in [2.05, 4.69) is 60.6 Å². The van der Waals surface area contributed by atoms with Crippen molar-refractivity contribution in [2.45, 2.75) is 46.6 Å². The van der Waals surface area contributed by atoms with Gasteiger partial charge >= 0.3 is 0 Å². The summed E-state index contributed by atoms with van der Waals surface area (Å²) in [5.74, 6) is 1.17. The molecule has 4 rings (SSSR count). The highest BCUT2D eigenvalue weighted by Gasteiger charge is 2.20. The maximum Gasteiger partial charge on any atom is 0.153 e. The summed E-state index contributed by atoms with van der Waals surface area (Å²) in [5.41, 5.74) is 6.69. The fraction of sp³-hybridized carbons (Fsp3) is 0.409. The van der Waals surface area contributed by atoms with Crippen LogP contribution >= 0.6 is 12.4 Å². The number of nitrogens with zero attached hydrogens (tertiary/aromatic N) is 3. The molecular weight excluding hydrogens is 342 g/mol. The zero-order chi connectivity index (χ0) is 17.4. The van der Waals surface area contributed by atoms with Crippen molar-refractivity contribution in [3.8, 4) is 0 Å². The van der Waals surface area contributed by atoms with Gasteiger partial charge in [-0.25, -0.2) is 4.98 Å². The van der Waals surface area contributed by atoms with Gasteiger partial charge < -0.3 is 9.47 Å². The standard InChI is InChI=1S/C22H27N3.ClH/c1-16-7-9-19(10-8-16)15-25-18(3)17(2)20-11-12-23-22(21(20)25)24-13-5-4-6-14-24;/h7-12H,4-6,13-15H2,1-3H3;1H. The first-order valence-electron chi connectivity index (χ1n) is 9.40. The topological polar surface area (TPSA) is 21.1 Å². The Morgan fingerprint density at radius 3 is 2.31 bits per heavy atom. The lowest BCUT2D eigenvalue weighted by atomic mass is 10.1. The number of pyridine rings is 1. The molecule has 3 heterocycles. The number of hydrogen-bond acceptors (Lipinski definition) is 2. The zero-order valence-corrected chi connectivity index (χ0v) is 16.8. The summed E-state index contributed by atoms with van der Waals surface area (Å²) >= 11 is 0. The van der Waals surface area contributed by atoms with Gasteiger partial charge in [0.25, 0.3) is 0 Å². The van der Waals surface area contributed by atoms with Crippen molar-refractivity contribution in [3.63, 3.8) is 0 Å². The summed E-state index contributed by atoms with van der Waals surface area (Å²) in [4.78, 5) is 7.29. The molecule has 0 aliphatic carbocycles. The van der Waals surface area contributed by atoms with E-state index < -0.39 is 0 Å². The Bertz CT molecular complexity index is 890. The Labute approximate surface area is 162 Å². The SMILES string of the molecule is Cc1ccc(Cn2c(C)c(C)c3ccnc(N4CCCCC4)c32)cc1.Cl. The van der Waals surface area contributed by atoms with E-state index in [0.29, 0.717) is 0 Å². The monoisotopic (exact) mass is 369 g/mol. The van der Waals surface area contributed by atoms with Crippen LogP contribution in [0.5, 0.6) is 0 Å². The highest BCUT2D eigenvalue weighted by molar-refractivity contribution is 5.93. The maximum absolute atomic E-state index is 4.81. The van der Waals surface area contributed by atoms with Crippen LogP contribution in [0.1, 0.15) is 41.6 Å². The molecule has 3 nitrogen and oxygen atoms in total. The van der Waals surface area contributed by atoms with Crippen LogP contribution in [0.4, 0.5) is 5.82 Å². The Hall–Kier alpha value is -2.00. The number of aromatic nitrogens is 2. The molecule has 0 amide bonds. The summed E-state index contributed by atoms with van der Waals surface area (Å²) in [6.45, 7) is 9.78. The molecule has 1 fully saturated rings. The van der Waals surface area contributed by atoms with E-state index in [4.69, 9.17) is 4.98 Å². The molecule has 0 unspecified atom stereocenters. The third-order valence-corrected chi connectivity index (χ3v) is 5.64. The van der Waals surface area contributed by atoms with E-state index in [-0.39, 0.29) is 12.4 Å². The number of rotatable bonds is 3. The fourth-order valence-corrected chi connectivity index (χ4v) is 3.99. The van der Waals surface area contributed by atoms with Gasteiger partial charge in [-0.2, -0.15) is 0 Å². The lowest BCUT2D eigenvalue weighted by Crippen LogP contribution is -2.30. The second-order valence-corrected chi connectivity index (χ2v) is 7.36. The van der Waals surface area contributed by atoms with Crippen molar-refractivity contribution in [2.75, 3.05) is 18.0 Å². The largest absolute Gasteiger partial charge is 0.355 e. The number of piperidine rings is 1. The molecule has 138 valence electrons. The Kier molecular flexibility index (Phi) is 5.57. The third-order valence-electron chi connectivity index (χ3n) is 5.64. The molecule has 3 aromatic rings. The van der Waals surface area contributed by atoms with E-state index in [1.807, 2.05) is 6.20 Å². The Morgan fingerprint density at radius 2 is 1.62 bits per heavy atom. The number of benzene rings is 1. The van der Waals surface area contributed by atoms with E-state index >= 15 is 0 Å². The van der Waals surface area contributed by atoms with E-state index in [9.17, 15) is 0 Å². The number of halogens is 1. The van der Waals surface area contributed by atoms with Crippen molar-refractivity contribution in [1.29, 1.82) is 0 Å². The van der Waals surface area contributed by atoms with Crippen LogP contribution in [0.2, 0.25) is 0 Å². The normalized spacial score (nSPS) is 14.5. The zero-order valence-electron chi connectivity index (χ0n) is 16.0. The Morgan fingerprint density at radius 1 is 0.923 bits per heavy atom. The van der Waals surface area contributed by atoms with Gasteiger partial charge in [0, 0.05) is 36.9 Å². The molecule has 0 bridgehead atoms. The van der Waals surface area contributed by atoms with Crippen molar-refractivity contribution < 1.29 is 0 Å². The van der Waals surface area contributed by atoms with Gasteiger partial charge in [-0.3, -0.25) is 0 Å². The first-order valence-corrected chi connectivity index (χ1v) is 9.40. The van der Waals surface area contributed by atoms with Crippen LogP contribution in [0.15, 0.2) is 36.5 Å². The van der Waals surface area contributed by atoms with Crippen LogP contribution in [0.3, 0.4) is 0 Å². The Balaban J connectivity index is 0.00000196. The average Bonchev–Trinajstić information content (AvgIpc) is 2.89. The number of fused-ring (bicyclic) bond motifs is 1. The summed E-state index contributed by atoms with van der Waals surface area (Å²) in [6, 6.07) is 11.1. The molecular formula is C22H28ClN3. The molecule has 1 aliphatic heterocycles. The summed E-state index contributed by atoms with van der Waals surface area (Å²) < 4.78 is 2.46. The van der Waals surface area contributed by atoms with Crippen molar-refractivity contribution >= 4 is 29.1 Å². The van der Waals surface area contributed by atoms with E-state index in [1.54, 1.807) is 0 Å². The molecule has 0 radical (unpaired) electrons. The summed E-state index contributed by atoms with van der Waals surface area (Å²) in [6.07, 6.45) is 5.87. The molecule has 4 heteroatoms. The maximum atomic E-state index is 4.81. The van der Waals surface area contributed by atoms with Crippen molar-refractivity contribution in [1.82, 2.24) is 9.55 Å². The number of aryl methyl sites for hydroxylation is 2. The predicted molar refractivity (Wildman–Crippen MR) is 113 cm³/mol. The van der Waals surface area contributed by atoms with Gasteiger partial charge in [0.2, 0.25) is 0 Å². The van der Waals surface area contributed by atoms with Gasteiger partial charge in [-0.1, -0.05) is 29.8 Å². The van der Waals surface area contributed by atoms with E-state index in [0.717, 1.165) is 19.6 Å². The van der Waals surface area contributed by atoms with Gasteiger partial charge in [0.1, 0.15) is 0 Å². The second-order valence-electron chi connectivity index (χ2n) is 7.36. The fourth-order valence-electron chi connectivity index (χ4n) is 3.99. The minimum atomic E-state index is 0. The summed E-state index contributed by atoms with van der Waals surface area (Å²) in [7, 11) is 0. The first kappa shape index (κ1) is 18.8. The van der Waals surface area contributed by atoms with Gasteiger partial charge in [0.05, 0.1) is 5.52 Å². The highest BCUT2D eigenvalue weighted by Crippen LogP contribution is 2.33. The smallest absolute Gasteiger partial charge is 0.153 e. The molecule has 0 spiro atoms. The van der Waals surface area contributed by atoms with Gasteiger partial charge in [-0.15, -0.1) is 12.4 Å². The van der Waals surface area contributed by atoms with Crippen LogP contribution in [0.25, 0.3) is 10.9 Å². The highest BCUT2D eigenvalue weighted by atomic mass is 35.5. The van der Waals surface area contributed by atoms with Crippen LogP contribution < -0.4 is 4.90 Å². The van der Waals surface area contributed by atoms with Crippen LogP contribution in [0, 0.1) is 20.8 Å². The molecule has 0 atom stereocenters. The molecule has 1 saturated heterocycles. The van der Waals surface area contributed by atoms with Crippen LogP contribution in [-0.4, -0.2) is 22.6 Å². The van der Waals surface area contributed by atoms with Crippen LogP contribution in [-0.2, 0) is 6.54 Å². The number of hydrogen-bond donors (Lipinski definition) is 0. The molecule has 26 heavy (non-hydrogen) atoms. The molecule has 0 saturated carbocycles. The lowest BCUT2D eigenvalue weighted by Gasteiger charge is -2.28. The molecule has 2 aromatic heterocycles. The molecule has 1 aromatic carbocycles. The number of anilines is 1. The quantitative estimate of drug-likeness (QED) is 0.614. The minimum absolute atomic E-state index is 0. The van der Waals surface area contributed by atoms with Crippen molar-refractivity contribution in [3.05, 3.63) is 58.9 Å². The summed E-state index contributed by atoms with van der Waals surface area (Å²) in [5, 5.41) is 1.35. The first-order chi connectivity index (χ1) is 12.1. The minimum Gasteiger partial charge on any atom is -0.355 e. The van der Waals surface area contributed by atoms with E-state index in [1.165, 1.54) is 58.4 Å². The van der Waals surface area contributed by atoms with Gasteiger partial charge in [-0.05, 0) is 57.2 Å². The lowest BCUT2D eigenvalue weighted by molar-refractivity contribution is 0.574. The van der Waals surface area contributed by atoms with Gasteiger partial charge in [0.15, 0.2) is 5.82 Å². The van der Waals surface area contributed by atoms with Crippen molar-refractivity contribution in [2.24, 2.45) is 0 Å². The molecule has 0 N–H and O–H groups in total.